The molecule has 6 N–H and O–H groups in total. The standard InChI is InChI=1S/C6H8O7.C5H6O5.2CH4/c7-3(8)1-2(5(10)11)4(9)6(12)13;6-3(5(9)10)1-2-4(7)8;;/h2,4,9H,1H2,(H,7,8)(H,10,11)(H,12,13);1-2H2,(H,7,8)(H,9,10);2*1H4. The zero-order valence-corrected chi connectivity index (χ0v) is 11.4. The Morgan fingerprint density at radius 3 is 1.36 bits per heavy atom. The lowest BCUT2D eigenvalue weighted by atomic mass is 9.99. The van der Waals surface area contributed by atoms with Gasteiger partial charge in [0.15, 0.2) is 6.10 Å². The molecule has 146 valence electrons. The van der Waals surface area contributed by atoms with E-state index in [1.54, 1.807) is 0 Å². The number of hydrogen-bond donors (Lipinski definition) is 6. The summed E-state index contributed by atoms with van der Waals surface area (Å²) in [6, 6.07) is 0. The summed E-state index contributed by atoms with van der Waals surface area (Å²) in [5.74, 6) is -10.5. The van der Waals surface area contributed by atoms with Crippen LogP contribution in [0.25, 0.3) is 0 Å². The van der Waals surface area contributed by atoms with Crippen LogP contribution in [0.5, 0.6) is 0 Å². The van der Waals surface area contributed by atoms with Gasteiger partial charge in [0.25, 0.3) is 0 Å². The van der Waals surface area contributed by atoms with Gasteiger partial charge in [0.1, 0.15) is 5.92 Å². The van der Waals surface area contributed by atoms with Gasteiger partial charge in [-0.3, -0.25) is 19.2 Å². The number of aliphatic hydroxyl groups is 1. The largest absolute Gasteiger partial charge is 0.481 e. The number of carbonyl (C=O) groups is 6. The first kappa shape index (κ1) is 29.9. The van der Waals surface area contributed by atoms with Crippen molar-refractivity contribution < 1.29 is 59.4 Å². The van der Waals surface area contributed by atoms with Crippen molar-refractivity contribution in [3.63, 3.8) is 0 Å². The highest BCUT2D eigenvalue weighted by Gasteiger charge is 2.33. The maximum atomic E-state index is 10.3. The molecule has 0 saturated heterocycles. The van der Waals surface area contributed by atoms with Gasteiger partial charge in [-0.1, -0.05) is 14.9 Å². The first-order chi connectivity index (χ1) is 10.4. The molecular weight excluding hydrogens is 348 g/mol. The molecule has 12 nitrogen and oxygen atoms in total. The molecule has 0 aliphatic rings. The molecule has 0 bridgehead atoms. The summed E-state index contributed by atoms with van der Waals surface area (Å²) in [5, 5.41) is 49.5. The van der Waals surface area contributed by atoms with Gasteiger partial charge in [0, 0.05) is 6.42 Å². The molecule has 0 rings (SSSR count). The fourth-order valence-electron chi connectivity index (χ4n) is 1.02. The SMILES string of the molecule is C.C.O=C(O)CC(C(=O)O)C(O)C(=O)O.O=C(O)CCC(=O)C(=O)O. The van der Waals surface area contributed by atoms with Crippen LogP contribution in [0.3, 0.4) is 0 Å². The molecule has 0 saturated carbocycles. The van der Waals surface area contributed by atoms with Crippen molar-refractivity contribution in [2.24, 2.45) is 5.92 Å². The molecule has 0 aromatic rings. The second-order valence-corrected chi connectivity index (χ2v) is 3.95. The van der Waals surface area contributed by atoms with Crippen LogP contribution in [0.4, 0.5) is 0 Å². The van der Waals surface area contributed by atoms with E-state index in [1.165, 1.54) is 0 Å². The molecule has 0 aromatic carbocycles. The smallest absolute Gasteiger partial charge is 0.372 e. The van der Waals surface area contributed by atoms with Crippen LogP contribution in [0, 0.1) is 5.92 Å². The van der Waals surface area contributed by atoms with E-state index in [2.05, 4.69) is 0 Å². The van der Waals surface area contributed by atoms with Gasteiger partial charge < -0.3 is 30.6 Å². The number of hydrogen-bond acceptors (Lipinski definition) is 7. The molecule has 25 heavy (non-hydrogen) atoms. The highest BCUT2D eigenvalue weighted by atomic mass is 16.4. The average molecular weight is 370 g/mol. The molecule has 2 atom stereocenters. The van der Waals surface area contributed by atoms with Crippen molar-refractivity contribution in [3.05, 3.63) is 0 Å². The third-order valence-electron chi connectivity index (χ3n) is 2.15. The predicted molar refractivity (Wildman–Crippen MR) is 80.0 cm³/mol. The molecule has 0 aliphatic heterocycles. The third kappa shape index (κ3) is 15.6. The van der Waals surface area contributed by atoms with Crippen molar-refractivity contribution in [3.8, 4) is 0 Å². The van der Waals surface area contributed by atoms with Crippen LogP contribution in [-0.2, 0) is 28.8 Å². The zero-order chi connectivity index (χ0) is 18.7. The minimum Gasteiger partial charge on any atom is -0.481 e. The summed E-state index contributed by atoms with van der Waals surface area (Å²) in [4.78, 5) is 60.2. The molecular formula is C13H22O12. The number of Topliss-reactive ketones (excluding diaryl/α,β-unsaturated/α-hetero) is 1. The Morgan fingerprint density at radius 1 is 0.680 bits per heavy atom. The lowest BCUT2D eigenvalue weighted by molar-refractivity contribution is -0.162. The number of carboxylic acids is 5. The van der Waals surface area contributed by atoms with Crippen molar-refractivity contribution in [2.45, 2.75) is 40.2 Å². The first-order valence-corrected chi connectivity index (χ1v) is 5.73. The van der Waals surface area contributed by atoms with Crippen molar-refractivity contribution in [1.29, 1.82) is 0 Å². The van der Waals surface area contributed by atoms with Gasteiger partial charge in [-0.2, -0.15) is 0 Å². The summed E-state index contributed by atoms with van der Waals surface area (Å²) in [6.45, 7) is 0. The van der Waals surface area contributed by atoms with Gasteiger partial charge >= 0.3 is 29.8 Å². The van der Waals surface area contributed by atoms with Crippen LogP contribution in [0.15, 0.2) is 0 Å². The summed E-state index contributed by atoms with van der Waals surface area (Å²) >= 11 is 0. The normalized spacial score (nSPS) is 11.1. The van der Waals surface area contributed by atoms with Gasteiger partial charge in [-0.15, -0.1) is 0 Å². The highest BCUT2D eigenvalue weighted by molar-refractivity contribution is 6.32. The Bertz CT molecular complexity index is 495. The molecule has 0 aliphatic carbocycles. The number of carboxylic acid groups (broad SMARTS) is 5. The monoisotopic (exact) mass is 370 g/mol. The van der Waals surface area contributed by atoms with Gasteiger partial charge in [-0.05, 0) is 0 Å². The second kappa shape index (κ2) is 14.6. The lowest BCUT2D eigenvalue weighted by Crippen LogP contribution is -2.36. The van der Waals surface area contributed by atoms with E-state index in [9.17, 15) is 28.8 Å². The van der Waals surface area contributed by atoms with E-state index in [4.69, 9.17) is 30.6 Å². The number of aliphatic hydroxyl groups excluding tert-OH is 1. The molecule has 0 amide bonds. The second-order valence-electron chi connectivity index (χ2n) is 3.95. The fourth-order valence-corrected chi connectivity index (χ4v) is 1.02. The third-order valence-corrected chi connectivity index (χ3v) is 2.15. The summed E-state index contributed by atoms with van der Waals surface area (Å²) in [7, 11) is 0. The molecule has 2 unspecified atom stereocenters. The minimum absolute atomic E-state index is 0. The topological polar surface area (TPSA) is 224 Å². The van der Waals surface area contributed by atoms with E-state index in [1.807, 2.05) is 0 Å². The molecule has 12 heteroatoms. The van der Waals surface area contributed by atoms with Crippen LogP contribution in [0.1, 0.15) is 34.1 Å². The Morgan fingerprint density at radius 2 is 1.12 bits per heavy atom. The maximum Gasteiger partial charge on any atom is 0.372 e. The number of rotatable bonds is 9. The summed E-state index contributed by atoms with van der Waals surface area (Å²) in [5.41, 5.74) is 0. The van der Waals surface area contributed by atoms with Crippen LogP contribution < -0.4 is 0 Å². The van der Waals surface area contributed by atoms with Crippen molar-refractivity contribution in [1.82, 2.24) is 0 Å². The van der Waals surface area contributed by atoms with Crippen LogP contribution in [-0.4, -0.2) is 72.4 Å². The van der Waals surface area contributed by atoms with Crippen molar-refractivity contribution in [2.75, 3.05) is 0 Å². The van der Waals surface area contributed by atoms with E-state index in [-0.39, 0.29) is 14.9 Å². The average Bonchev–Trinajstić information content (AvgIpc) is 2.41. The Labute approximate surface area is 142 Å². The number of carbonyl (C=O) groups excluding carboxylic acids is 1. The van der Waals surface area contributed by atoms with Gasteiger partial charge in [0.2, 0.25) is 5.78 Å². The maximum absolute atomic E-state index is 10.3. The number of ketones is 1. The van der Waals surface area contributed by atoms with Gasteiger partial charge in [-0.25, -0.2) is 9.59 Å². The molecule has 0 spiro atoms. The molecule has 0 heterocycles. The van der Waals surface area contributed by atoms with Gasteiger partial charge in [0.05, 0.1) is 12.8 Å². The van der Waals surface area contributed by atoms with E-state index in [0.717, 1.165) is 0 Å². The highest BCUT2D eigenvalue weighted by Crippen LogP contribution is 2.09. The summed E-state index contributed by atoms with van der Waals surface area (Å²) < 4.78 is 0. The predicted octanol–water partition coefficient (Wildman–Crippen LogP) is -0.615. The quantitative estimate of drug-likeness (QED) is 0.279. The lowest BCUT2D eigenvalue weighted by Gasteiger charge is -2.12. The summed E-state index contributed by atoms with van der Waals surface area (Å²) in [6.07, 6.45) is -3.99. The fraction of sp³-hybridized carbons (Fsp3) is 0.538. The Hall–Kier alpha value is -3.02. The first-order valence-electron chi connectivity index (χ1n) is 5.73. The van der Waals surface area contributed by atoms with E-state index >= 15 is 0 Å². The van der Waals surface area contributed by atoms with Crippen molar-refractivity contribution >= 4 is 35.6 Å². The van der Waals surface area contributed by atoms with E-state index < -0.39 is 66.9 Å². The minimum atomic E-state index is -2.20. The molecule has 0 radical (unpaired) electrons. The molecule has 0 fully saturated rings. The van der Waals surface area contributed by atoms with Crippen LogP contribution in [0.2, 0.25) is 0 Å². The number of aliphatic carboxylic acids is 5. The Kier molecular flexibility index (Phi) is 17.4. The zero-order valence-electron chi connectivity index (χ0n) is 11.4. The molecule has 0 aromatic heterocycles. The Balaban J connectivity index is -0.000000168. The van der Waals surface area contributed by atoms with E-state index in [0.29, 0.717) is 0 Å². The van der Waals surface area contributed by atoms with Crippen LogP contribution >= 0.6 is 0 Å².